The molecule has 0 radical (unpaired) electrons. The predicted octanol–water partition coefficient (Wildman–Crippen LogP) is 3.48. The molecular weight excluding hydrogens is 216 g/mol. The lowest BCUT2D eigenvalue weighted by atomic mass is 10.1. The minimum atomic E-state index is 0.480. The lowest BCUT2D eigenvalue weighted by molar-refractivity contribution is 0.700. The van der Waals surface area contributed by atoms with Gasteiger partial charge in [0.1, 0.15) is 0 Å². The van der Waals surface area contributed by atoms with E-state index in [4.69, 9.17) is 0 Å². The first kappa shape index (κ1) is 9.85. The molecule has 1 aromatic carbocycles. The van der Waals surface area contributed by atoms with Crippen LogP contribution in [0.4, 0.5) is 5.69 Å². The molecule has 0 bridgehead atoms. The summed E-state index contributed by atoms with van der Waals surface area (Å²) in [4.78, 5) is 6.92. The normalized spacial score (nSPS) is 20.2. The fourth-order valence-electron chi connectivity index (χ4n) is 2.39. The molecule has 1 saturated heterocycles. The van der Waals surface area contributed by atoms with E-state index in [1.54, 1.807) is 11.3 Å². The van der Waals surface area contributed by atoms with E-state index in [1.165, 1.54) is 24.2 Å². The fraction of sp³-hybridized carbons (Fsp3) is 0.308. The van der Waals surface area contributed by atoms with Gasteiger partial charge in [0.15, 0.2) is 0 Å². The summed E-state index contributed by atoms with van der Waals surface area (Å²) in [5.74, 6) is 0. The topological polar surface area (TPSA) is 16.1 Å². The number of thiazole rings is 1. The Labute approximate surface area is 99.6 Å². The van der Waals surface area contributed by atoms with Crippen LogP contribution in [0.15, 0.2) is 41.2 Å². The van der Waals surface area contributed by atoms with Crippen molar-refractivity contribution >= 4 is 17.0 Å². The van der Waals surface area contributed by atoms with Crippen molar-refractivity contribution in [1.29, 1.82) is 0 Å². The molecule has 0 amide bonds. The van der Waals surface area contributed by atoms with Crippen LogP contribution in [0, 0.1) is 0 Å². The van der Waals surface area contributed by atoms with Crippen molar-refractivity contribution in [3.63, 3.8) is 0 Å². The quantitative estimate of drug-likeness (QED) is 0.785. The lowest BCUT2D eigenvalue weighted by Gasteiger charge is -2.25. The molecule has 2 heterocycles. The first-order chi connectivity index (χ1) is 7.95. The highest BCUT2D eigenvalue weighted by molar-refractivity contribution is 7.07. The van der Waals surface area contributed by atoms with Crippen LogP contribution in [0.1, 0.15) is 24.6 Å². The van der Waals surface area contributed by atoms with Crippen LogP contribution in [-0.2, 0) is 0 Å². The van der Waals surface area contributed by atoms with E-state index < -0.39 is 0 Å². The van der Waals surface area contributed by atoms with Crippen molar-refractivity contribution in [1.82, 2.24) is 4.98 Å². The third-order valence-corrected chi connectivity index (χ3v) is 3.74. The average Bonchev–Trinajstić information content (AvgIpc) is 3.01. The van der Waals surface area contributed by atoms with Crippen LogP contribution in [0.3, 0.4) is 0 Å². The number of hydrogen-bond donors (Lipinski definition) is 0. The molecule has 1 aliphatic rings. The van der Waals surface area contributed by atoms with Gasteiger partial charge in [0, 0.05) is 17.6 Å². The maximum Gasteiger partial charge on any atom is 0.0795 e. The molecule has 1 atom stereocenters. The van der Waals surface area contributed by atoms with Gasteiger partial charge in [0.25, 0.3) is 0 Å². The highest BCUT2D eigenvalue weighted by Crippen LogP contribution is 2.35. The number of aromatic nitrogens is 1. The number of anilines is 1. The molecule has 0 aliphatic carbocycles. The second kappa shape index (κ2) is 4.26. The van der Waals surface area contributed by atoms with Crippen molar-refractivity contribution in [2.45, 2.75) is 18.9 Å². The highest BCUT2D eigenvalue weighted by Gasteiger charge is 2.27. The highest BCUT2D eigenvalue weighted by atomic mass is 32.1. The second-order valence-electron chi connectivity index (χ2n) is 4.10. The molecule has 2 aromatic rings. The van der Waals surface area contributed by atoms with Crippen LogP contribution in [-0.4, -0.2) is 11.5 Å². The van der Waals surface area contributed by atoms with Crippen molar-refractivity contribution in [3.05, 3.63) is 46.9 Å². The molecule has 0 spiro atoms. The van der Waals surface area contributed by atoms with Gasteiger partial charge in [0.2, 0.25) is 0 Å². The Balaban J connectivity index is 1.90. The summed E-state index contributed by atoms with van der Waals surface area (Å²) < 4.78 is 0. The smallest absolute Gasteiger partial charge is 0.0795 e. The maximum atomic E-state index is 4.45. The minimum Gasteiger partial charge on any atom is -0.363 e. The number of rotatable bonds is 2. The molecule has 0 N–H and O–H groups in total. The molecule has 16 heavy (non-hydrogen) atoms. The van der Waals surface area contributed by atoms with Crippen molar-refractivity contribution in [2.24, 2.45) is 0 Å². The zero-order valence-electron chi connectivity index (χ0n) is 9.04. The third kappa shape index (κ3) is 1.71. The molecule has 3 heteroatoms. The predicted molar refractivity (Wildman–Crippen MR) is 67.9 cm³/mol. The van der Waals surface area contributed by atoms with Crippen LogP contribution in [0.2, 0.25) is 0 Å². The summed E-state index contributed by atoms with van der Waals surface area (Å²) in [5.41, 5.74) is 4.47. The number of benzene rings is 1. The zero-order valence-corrected chi connectivity index (χ0v) is 9.86. The summed E-state index contributed by atoms with van der Waals surface area (Å²) in [6, 6.07) is 11.1. The maximum absolute atomic E-state index is 4.45. The summed E-state index contributed by atoms with van der Waals surface area (Å²) in [6.07, 6.45) is 2.48. The first-order valence-electron chi connectivity index (χ1n) is 5.65. The molecule has 1 aliphatic heterocycles. The number of para-hydroxylation sites is 1. The fourth-order valence-corrected chi connectivity index (χ4v) is 2.99. The molecule has 2 nitrogen and oxygen atoms in total. The van der Waals surface area contributed by atoms with Gasteiger partial charge < -0.3 is 4.90 Å². The average molecular weight is 230 g/mol. The second-order valence-corrected chi connectivity index (χ2v) is 4.82. The van der Waals surface area contributed by atoms with Gasteiger partial charge in [0.05, 0.1) is 17.2 Å². The summed E-state index contributed by atoms with van der Waals surface area (Å²) >= 11 is 1.69. The molecular formula is C13H14N2S. The van der Waals surface area contributed by atoms with Gasteiger partial charge in [-0.3, -0.25) is 0 Å². The van der Waals surface area contributed by atoms with Gasteiger partial charge in [-0.05, 0) is 25.0 Å². The van der Waals surface area contributed by atoms with Crippen LogP contribution in [0.25, 0.3) is 0 Å². The van der Waals surface area contributed by atoms with Crippen LogP contribution in [0.5, 0.6) is 0 Å². The van der Waals surface area contributed by atoms with Gasteiger partial charge in [-0.15, -0.1) is 11.3 Å². The van der Waals surface area contributed by atoms with Crippen LogP contribution < -0.4 is 4.90 Å². The molecule has 0 saturated carbocycles. The summed E-state index contributed by atoms with van der Waals surface area (Å²) in [7, 11) is 0. The Morgan fingerprint density at radius 1 is 1.25 bits per heavy atom. The van der Waals surface area contributed by atoms with E-state index in [0.29, 0.717) is 6.04 Å². The molecule has 3 rings (SSSR count). The van der Waals surface area contributed by atoms with Crippen molar-refractivity contribution in [3.8, 4) is 0 Å². The van der Waals surface area contributed by atoms with E-state index in [9.17, 15) is 0 Å². The zero-order chi connectivity index (χ0) is 10.8. The molecule has 82 valence electrons. The molecule has 1 aromatic heterocycles. The molecule has 0 unspecified atom stereocenters. The van der Waals surface area contributed by atoms with Crippen molar-refractivity contribution in [2.75, 3.05) is 11.4 Å². The largest absolute Gasteiger partial charge is 0.363 e. The SMILES string of the molecule is c1ccc(N2CCC[C@@H]2c2cscn2)cc1. The van der Waals surface area contributed by atoms with E-state index in [-0.39, 0.29) is 0 Å². The van der Waals surface area contributed by atoms with E-state index in [1.807, 2.05) is 5.51 Å². The van der Waals surface area contributed by atoms with Gasteiger partial charge in [-0.2, -0.15) is 0 Å². The Morgan fingerprint density at radius 2 is 2.12 bits per heavy atom. The summed E-state index contributed by atoms with van der Waals surface area (Å²) in [6.45, 7) is 1.15. The van der Waals surface area contributed by atoms with Crippen LogP contribution >= 0.6 is 11.3 Å². The Bertz CT molecular complexity index is 438. The van der Waals surface area contributed by atoms with Crippen molar-refractivity contribution < 1.29 is 0 Å². The minimum absolute atomic E-state index is 0.480. The Hall–Kier alpha value is -1.35. The Kier molecular flexibility index (Phi) is 2.62. The number of nitrogens with zero attached hydrogens (tertiary/aromatic N) is 2. The standard InChI is InChI=1S/C13H14N2S/c1-2-5-11(6-3-1)15-8-4-7-13(15)12-9-16-10-14-12/h1-3,5-6,9-10,13H,4,7-8H2/t13-/m1/s1. The van der Waals surface area contributed by atoms with Gasteiger partial charge >= 0.3 is 0 Å². The Morgan fingerprint density at radius 3 is 2.88 bits per heavy atom. The monoisotopic (exact) mass is 230 g/mol. The molecule has 1 fully saturated rings. The van der Waals surface area contributed by atoms with E-state index >= 15 is 0 Å². The van der Waals surface area contributed by atoms with Gasteiger partial charge in [-0.25, -0.2) is 4.98 Å². The lowest BCUT2D eigenvalue weighted by Crippen LogP contribution is -2.22. The summed E-state index contributed by atoms with van der Waals surface area (Å²) in [5, 5.41) is 2.17. The van der Waals surface area contributed by atoms with E-state index in [0.717, 1.165) is 6.54 Å². The first-order valence-corrected chi connectivity index (χ1v) is 6.59. The third-order valence-electron chi connectivity index (χ3n) is 3.13. The van der Waals surface area contributed by atoms with Gasteiger partial charge in [-0.1, -0.05) is 18.2 Å². The van der Waals surface area contributed by atoms with E-state index in [2.05, 4.69) is 45.6 Å². The number of hydrogen-bond acceptors (Lipinski definition) is 3.